The van der Waals surface area contributed by atoms with Crippen molar-refractivity contribution < 1.29 is 9.32 Å². The number of hydrogen-bond acceptors (Lipinski definition) is 6. The molecule has 6 heteroatoms. The van der Waals surface area contributed by atoms with E-state index in [9.17, 15) is 4.79 Å². The lowest BCUT2D eigenvalue weighted by Gasteiger charge is -2.31. The molecule has 0 amide bonds. The fourth-order valence-electron chi connectivity index (χ4n) is 2.92. The molecule has 3 rings (SSSR count). The minimum Gasteiger partial charge on any atom is -0.337 e. The van der Waals surface area contributed by atoms with Crippen LogP contribution < -0.4 is 4.90 Å². The van der Waals surface area contributed by atoms with Crippen molar-refractivity contribution in [3.8, 4) is 0 Å². The van der Waals surface area contributed by atoms with Gasteiger partial charge < -0.3 is 14.3 Å². The number of anilines is 1. The minimum absolute atomic E-state index is 0.175. The van der Waals surface area contributed by atoms with Crippen LogP contribution in [0.4, 0.5) is 5.95 Å². The van der Waals surface area contributed by atoms with Gasteiger partial charge in [-0.1, -0.05) is 12.8 Å². The summed E-state index contributed by atoms with van der Waals surface area (Å²) in [4.78, 5) is 21.0. The number of rotatable bonds is 2. The smallest absolute Gasteiger partial charge is 0.266 e. The Labute approximate surface area is 119 Å². The first-order chi connectivity index (χ1) is 9.74. The molecule has 1 unspecified atom stereocenters. The summed E-state index contributed by atoms with van der Waals surface area (Å²) >= 11 is 0. The Bertz CT molecular complexity index is 465. The Balaban J connectivity index is 1.71. The predicted octanol–water partition coefficient (Wildman–Crippen LogP) is 1.44. The topological polar surface area (TPSA) is 62.5 Å². The van der Waals surface area contributed by atoms with Crippen LogP contribution in [0.1, 0.15) is 43.9 Å². The average Bonchev–Trinajstić information content (AvgIpc) is 2.83. The maximum absolute atomic E-state index is 12.1. The summed E-state index contributed by atoms with van der Waals surface area (Å²) in [5, 5.41) is 4.07. The number of Topliss-reactive ketones (excluding diaryl/α,β-unsaturated/α-hetero) is 1. The molecule has 2 heterocycles. The lowest BCUT2D eigenvalue weighted by molar-refractivity contribution is -0.120. The molecule has 0 bridgehead atoms. The number of carbonyl (C=O) groups is 1. The van der Waals surface area contributed by atoms with Gasteiger partial charge in [0.25, 0.3) is 5.95 Å². The van der Waals surface area contributed by atoms with E-state index in [1.807, 2.05) is 0 Å². The Morgan fingerprint density at radius 1 is 1.15 bits per heavy atom. The second-order valence-corrected chi connectivity index (χ2v) is 5.84. The molecule has 110 valence electrons. The molecular formula is C14H22N4O2. The molecule has 6 nitrogen and oxygen atoms in total. The van der Waals surface area contributed by atoms with Gasteiger partial charge in [0.1, 0.15) is 5.78 Å². The third-order valence-corrected chi connectivity index (χ3v) is 4.32. The molecular weight excluding hydrogens is 256 g/mol. The summed E-state index contributed by atoms with van der Waals surface area (Å²) in [6.45, 7) is 3.83. The highest BCUT2D eigenvalue weighted by molar-refractivity contribution is 5.84. The Morgan fingerprint density at radius 2 is 1.95 bits per heavy atom. The first kappa shape index (κ1) is 13.5. The van der Waals surface area contributed by atoms with Gasteiger partial charge >= 0.3 is 0 Å². The first-order valence-electron chi connectivity index (χ1n) is 7.54. The lowest BCUT2D eigenvalue weighted by Crippen LogP contribution is -2.44. The van der Waals surface area contributed by atoms with Crippen LogP contribution in [0.5, 0.6) is 0 Å². The van der Waals surface area contributed by atoms with Crippen molar-refractivity contribution in [1.29, 1.82) is 0 Å². The van der Waals surface area contributed by atoms with Gasteiger partial charge in [-0.25, -0.2) is 0 Å². The van der Waals surface area contributed by atoms with Crippen molar-refractivity contribution in [3.63, 3.8) is 0 Å². The zero-order chi connectivity index (χ0) is 13.9. The zero-order valence-electron chi connectivity index (χ0n) is 12.0. The molecule has 0 aromatic carbocycles. The van der Waals surface area contributed by atoms with E-state index in [0.29, 0.717) is 18.3 Å². The third-order valence-electron chi connectivity index (χ3n) is 4.32. The molecule has 1 aliphatic heterocycles. The Morgan fingerprint density at radius 3 is 2.75 bits per heavy atom. The number of carbonyl (C=O) groups excluding carboxylic acids is 1. The molecule has 1 saturated carbocycles. The zero-order valence-corrected chi connectivity index (χ0v) is 12.0. The average molecular weight is 278 g/mol. The maximum Gasteiger partial charge on any atom is 0.266 e. The fourth-order valence-corrected chi connectivity index (χ4v) is 2.92. The van der Waals surface area contributed by atoms with Gasteiger partial charge in [-0.3, -0.25) is 4.79 Å². The van der Waals surface area contributed by atoms with Gasteiger partial charge in [0.15, 0.2) is 0 Å². The summed E-state index contributed by atoms with van der Waals surface area (Å²) in [5.41, 5.74) is 0. The highest BCUT2D eigenvalue weighted by atomic mass is 16.5. The predicted molar refractivity (Wildman–Crippen MR) is 74.8 cm³/mol. The van der Waals surface area contributed by atoms with Crippen LogP contribution in [0.2, 0.25) is 0 Å². The Hall–Kier alpha value is -1.43. The number of piperazine rings is 1. The van der Waals surface area contributed by atoms with Gasteiger partial charge in [-0.05, 0) is 25.0 Å². The van der Waals surface area contributed by atoms with E-state index >= 15 is 0 Å². The minimum atomic E-state index is -0.175. The van der Waals surface area contributed by atoms with Gasteiger partial charge in [0.2, 0.25) is 5.89 Å². The molecule has 1 atom stereocenters. The molecule has 1 aromatic heterocycles. The van der Waals surface area contributed by atoms with Crippen molar-refractivity contribution >= 4 is 11.7 Å². The van der Waals surface area contributed by atoms with Crippen LogP contribution in [0.25, 0.3) is 0 Å². The first-order valence-corrected chi connectivity index (χ1v) is 7.54. The quantitative estimate of drug-likeness (QED) is 0.763. The highest BCUT2D eigenvalue weighted by Crippen LogP contribution is 2.29. The molecule has 20 heavy (non-hydrogen) atoms. The SMILES string of the molecule is CN1CCN(c2noc(C3CCCCCC3=O)n2)CC1. The highest BCUT2D eigenvalue weighted by Gasteiger charge is 2.29. The van der Waals surface area contributed by atoms with E-state index in [-0.39, 0.29) is 11.7 Å². The summed E-state index contributed by atoms with van der Waals surface area (Å²) in [6, 6.07) is 0. The van der Waals surface area contributed by atoms with Crippen LogP contribution in [0, 0.1) is 0 Å². The number of likely N-dealkylation sites (N-methyl/N-ethyl adjacent to an activating group) is 1. The molecule has 1 saturated heterocycles. The third kappa shape index (κ3) is 2.85. The fraction of sp³-hybridized carbons (Fsp3) is 0.786. The number of ketones is 1. The van der Waals surface area contributed by atoms with E-state index in [1.54, 1.807) is 0 Å². The standard InChI is InChI=1S/C14H22N4O2/c1-17-7-9-18(10-8-17)14-15-13(20-16-14)11-5-3-2-4-6-12(11)19/h11H,2-10H2,1H3. The van der Waals surface area contributed by atoms with Crippen LogP contribution in [0.15, 0.2) is 4.52 Å². The van der Waals surface area contributed by atoms with Crippen molar-refractivity contribution in [2.45, 2.75) is 38.0 Å². The molecule has 1 aromatic rings. The molecule has 2 fully saturated rings. The monoisotopic (exact) mass is 278 g/mol. The van der Waals surface area contributed by atoms with E-state index in [4.69, 9.17) is 4.52 Å². The van der Waals surface area contributed by atoms with E-state index in [1.165, 1.54) is 0 Å². The molecule has 2 aliphatic rings. The van der Waals surface area contributed by atoms with Crippen molar-refractivity contribution in [1.82, 2.24) is 15.0 Å². The normalized spacial score (nSPS) is 25.8. The van der Waals surface area contributed by atoms with E-state index in [0.717, 1.165) is 51.9 Å². The molecule has 1 aliphatic carbocycles. The van der Waals surface area contributed by atoms with Crippen molar-refractivity contribution in [3.05, 3.63) is 5.89 Å². The molecule has 0 N–H and O–H groups in total. The number of nitrogens with zero attached hydrogens (tertiary/aromatic N) is 4. The largest absolute Gasteiger partial charge is 0.337 e. The number of aromatic nitrogens is 2. The number of hydrogen-bond donors (Lipinski definition) is 0. The van der Waals surface area contributed by atoms with Gasteiger partial charge in [0.05, 0.1) is 5.92 Å². The maximum atomic E-state index is 12.1. The van der Waals surface area contributed by atoms with Crippen LogP contribution >= 0.6 is 0 Å². The second-order valence-electron chi connectivity index (χ2n) is 5.84. The van der Waals surface area contributed by atoms with E-state index in [2.05, 4.69) is 27.0 Å². The Kier molecular flexibility index (Phi) is 4.00. The van der Waals surface area contributed by atoms with Gasteiger partial charge in [-0.2, -0.15) is 4.98 Å². The van der Waals surface area contributed by atoms with Crippen LogP contribution in [-0.2, 0) is 4.79 Å². The summed E-state index contributed by atoms with van der Waals surface area (Å²) in [7, 11) is 2.11. The van der Waals surface area contributed by atoms with Gasteiger partial charge in [0, 0.05) is 32.6 Å². The molecule has 0 radical (unpaired) electrons. The lowest BCUT2D eigenvalue weighted by atomic mass is 9.99. The van der Waals surface area contributed by atoms with Crippen LogP contribution in [0.3, 0.4) is 0 Å². The molecule has 0 spiro atoms. The van der Waals surface area contributed by atoms with Crippen molar-refractivity contribution in [2.75, 3.05) is 38.1 Å². The van der Waals surface area contributed by atoms with Crippen LogP contribution in [-0.4, -0.2) is 54.1 Å². The van der Waals surface area contributed by atoms with Gasteiger partial charge in [-0.15, -0.1) is 0 Å². The summed E-state index contributed by atoms with van der Waals surface area (Å²) < 4.78 is 5.37. The van der Waals surface area contributed by atoms with E-state index < -0.39 is 0 Å². The second kappa shape index (κ2) is 5.91. The summed E-state index contributed by atoms with van der Waals surface area (Å²) in [6.07, 6.45) is 4.69. The van der Waals surface area contributed by atoms with Crippen molar-refractivity contribution in [2.24, 2.45) is 0 Å². The summed E-state index contributed by atoms with van der Waals surface area (Å²) in [5.74, 6) is 1.25.